The van der Waals surface area contributed by atoms with Crippen LogP contribution in [0.5, 0.6) is 0 Å². The summed E-state index contributed by atoms with van der Waals surface area (Å²) in [4.78, 5) is 30.6. The zero-order valence-electron chi connectivity index (χ0n) is 17.7. The molecule has 1 aliphatic heterocycles. The van der Waals surface area contributed by atoms with Crippen molar-refractivity contribution in [3.63, 3.8) is 0 Å². The van der Waals surface area contributed by atoms with Gasteiger partial charge in [-0.25, -0.2) is 0 Å². The van der Waals surface area contributed by atoms with Crippen molar-refractivity contribution in [2.45, 2.75) is 6.92 Å². The van der Waals surface area contributed by atoms with Gasteiger partial charge in [-0.15, -0.1) is 11.3 Å². The van der Waals surface area contributed by atoms with E-state index < -0.39 is 0 Å². The highest BCUT2D eigenvalue weighted by Crippen LogP contribution is 2.36. The van der Waals surface area contributed by atoms with Crippen LogP contribution < -0.4 is 16.0 Å². The van der Waals surface area contributed by atoms with E-state index in [0.717, 1.165) is 27.4 Å². The third-order valence-corrected chi connectivity index (χ3v) is 7.01. The molecule has 3 heterocycles. The molecular weight excluding hydrogens is 452 g/mol. The van der Waals surface area contributed by atoms with Crippen molar-refractivity contribution >= 4 is 62.8 Å². The van der Waals surface area contributed by atoms with Crippen molar-refractivity contribution in [1.29, 1.82) is 0 Å². The number of rotatable bonds is 5. The minimum Gasteiger partial charge on any atom is -0.370 e. The number of thiophene rings is 2. The Hall–Kier alpha value is -3.75. The molecular formula is C25H20N4O2S2. The van der Waals surface area contributed by atoms with Gasteiger partial charge in [-0.1, -0.05) is 18.2 Å². The Morgan fingerprint density at radius 3 is 2.73 bits per heavy atom. The van der Waals surface area contributed by atoms with Gasteiger partial charge in [0.05, 0.1) is 17.1 Å². The molecule has 0 saturated heterocycles. The van der Waals surface area contributed by atoms with Gasteiger partial charge in [-0.3, -0.25) is 14.6 Å². The van der Waals surface area contributed by atoms with Crippen LogP contribution in [-0.4, -0.2) is 24.6 Å². The number of aliphatic imine (C=N–C) groups is 1. The molecule has 0 aliphatic carbocycles. The molecule has 0 bridgehead atoms. The predicted octanol–water partition coefficient (Wildman–Crippen LogP) is 6.42. The summed E-state index contributed by atoms with van der Waals surface area (Å²) in [5.41, 5.74) is 5.59. The summed E-state index contributed by atoms with van der Waals surface area (Å²) in [6.45, 7) is 2.57. The first-order valence-electron chi connectivity index (χ1n) is 10.3. The Kier molecular flexibility index (Phi) is 5.77. The van der Waals surface area contributed by atoms with Gasteiger partial charge in [0.2, 0.25) is 0 Å². The summed E-state index contributed by atoms with van der Waals surface area (Å²) in [7, 11) is 0. The van der Waals surface area contributed by atoms with E-state index >= 15 is 0 Å². The summed E-state index contributed by atoms with van der Waals surface area (Å²) in [5.74, 6) is -0.412. The van der Waals surface area contributed by atoms with Crippen molar-refractivity contribution in [3.05, 3.63) is 81.4 Å². The van der Waals surface area contributed by atoms with Gasteiger partial charge in [-0.2, -0.15) is 11.3 Å². The monoisotopic (exact) mass is 472 g/mol. The molecule has 0 spiro atoms. The van der Waals surface area contributed by atoms with E-state index in [1.54, 1.807) is 35.8 Å². The highest BCUT2D eigenvalue weighted by atomic mass is 32.1. The van der Waals surface area contributed by atoms with E-state index in [0.29, 0.717) is 28.4 Å². The highest BCUT2D eigenvalue weighted by molar-refractivity contribution is 7.18. The van der Waals surface area contributed by atoms with Gasteiger partial charge >= 0.3 is 0 Å². The number of hydrogen-bond acceptors (Lipinski definition) is 6. The van der Waals surface area contributed by atoms with Gasteiger partial charge in [-0.05, 0) is 70.8 Å². The van der Waals surface area contributed by atoms with E-state index in [1.165, 1.54) is 11.3 Å². The topological polar surface area (TPSA) is 82.6 Å². The molecule has 0 atom stereocenters. The summed E-state index contributed by atoms with van der Waals surface area (Å²) in [6.07, 6.45) is 1.78. The number of aryl methyl sites for hydroxylation is 1. The minimum absolute atomic E-state index is 0.205. The lowest BCUT2D eigenvalue weighted by Crippen LogP contribution is -2.14. The average Bonchev–Trinajstić information content (AvgIpc) is 3.51. The molecule has 6 nitrogen and oxygen atoms in total. The van der Waals surface area contributed by atoms with Crippen LogP contribution in [0.25, 0.3) is 11.1 Å². The molecule has 164 valence electrons. The van der Waals surface area contributed by atoms with E-state index in [9.17, 15) is 9.59 Å². The SMILES string of the molecule is Cc1ccc(NC(=O)c2cccc(-c3ccsc3)c2)cc1NC(=O)c1cc2c(s1)NCC=N2. The van der Waals surface area contributed by atoms with E-state index in [4.69, 9.17) is 0 Å². The predicted molar refractivity (Wildman–Crippen MR) is 138 cm³/mol. The molecule has 0 radical (unpaired) electrons. The molecule has 2 aromatic carbocycles. The van der Waals surface area contributed by atoms with Gasteiger partial charge in [0.25, 0.3) is 11.8 Å². The molecule has 0 unspecified atom stereocenters. The maximum absolute atomic E-state index is 12.9. The van der Waals surface area contributed by atoms with Crippen LogP contribution in [0.15, 0.2) is 70.3 Å². The van der Waals surface area contributed by atoms with Crippen molar-refractivity contribution < 1.29 is 9.59 Å². The third kappa shape index (κ3) is 4.57. The normalized spacial score (nSPS) is 12.0. The fraction of sp³-hybridized carbons (Fsp3) is 0.0800. The zero-order valence-corrected chi connectivity index (χ0v) is 19.3. The second-order valence-electron chi connectivity index (χ2n) is 7.55. The van der Waals surface area contributed by atoms with Crippen molar-refractivity contribution in [2.75, 3.05) is 22.5 Å². The number of fused-ring (bicyclic) bond motifs is 1. The smallest absolute Gasteiger partial charge is 0.265 e. The number of hydrogen-bond donors (Lipinski definition) is 3. The summed E-state index contributed by atoms with van der Waals surface area (Å²) in [6, 6.07) is 16.8. The molecule has 4 aromatic rings. The summed E-state index contributed by atoms with van der Waals surface area (Å²) in [5, 5.41) is 14.1. The summed E-state index contributed by atoms with van der Waals surface area (Å²) < 4.78 is 0. The Bertz CT molecular complexity index is 1370. The number of anilines is 3. The minimum atomic E-state index is -0.207. The lowest BCUT2D eigenvalue weighted by Gasteiger charge is -2.12. The Morgan fingerprint density at radius 2 is 1.91 bits per heavy atom. The number of carbonyl (C=O) groups is 2. The molecule has 33 heavy (non-hydrogen) atoms. The summed E-state index contributed by atoms with van der Waals surface area (Å²) >= 11 is 3.00. The second kappa shape index (κ2) is 9.01. The molecule has 3 N–H and O–H groups in total. The maximum atomic E-state index is 12.9. The number of nitrogens with one attached hydrogen (secondary N) is 3. The molecule has 0 saturated carbocycles. The fourth-order valence-corrected chi connectivity index (χ4v) is 5.06. The molecule has 0 fully saturated rings. The van der Waals surface area contributed by atoms with Crippen LogP contribution in [0.2, 0.25) is 0 Å². The first kappa shape index (κ1) is 21.1. The molecule has 5 rings (SSSR count). The Balaban J connectivity index is 1.32. The van der Waals surface area contributed by atoms with Gasteiger partial charge in [0.15, 0.2) is 0 Å². The standard InChI is InChI=1S/C25H20N4O2S2/c1-15-5-6-19(28-23(30)17-4-2-3-16(11-17)18-7-10-32-14-18)12-20(15)29-24(31)22-13-21-25(33-22)27-9-8-26-21/h2-8,10-14,27H,9H2,1H3,(H,28,30)(H,29,31). The lowest BCUT2D eigenvalue weighted by molar-refractivity contribution is 0.102. The van der Waals surface area contributed by atoms with Gasteiger partial charge < -0.3 is 16.0 Å². The molecule has 1 aliphatic rings. The van der Waals surface area contributed by atoms with Crippen LogP contribution in [0.1, 0.15) is 25.6 Å². The van der Waals surface area contributed by atoms with Gasteiger partial charge in [0.1, 0.15) is 5.00 Å². The third-order valence-electron chi connectivity index (χ3n) is 5.24. The Morgan fingerprint density at radius 1 is 1.00 bits per heavy atom. The van der Waals surface area contributed by atoms with E-state index in [1.807, 2.05) is 48.7 Å². The number of benzene rings is 2. The first-order valence-corrected chi connectivity index (χ1v) is 12.1. The van der Waals surface area contributed by atoms with Crippen molar-refractivity contribution in [3.8, 4) is 11.1 Å². The molecule has 2 amide bonds. The number of nitrogens with zero attached hydrogens (tertiary/aromatic N) is 1. The van der Waals surface area contributed by atoms with Crippen molar-refractivity contribution in [1.82, 2.24) is 0 Å². The largest absolute Gasteiger partial charge is 0.370 e. The maximum Gasteiger partial charge on any atom is 0.265 e. The van der Waals surface area contributed by atoms with Crippen LogP contribution in [0, 0.1) is 6.92 Å². The van der Waals surface area contributed by atoms with Crippen LogP contribution in [0.3, 0.4) is 0 Å². The highest BCUT2D eigenvalue weighted by Gasteiger charge is 2.17. The fourth-order valence-electron chi connectivity index (χ4n) is 3.49. The van der Waals surface area contributed by atoms with Crippen LogP contribution in [-0.2, 0) is 0 Å². The van der Waals surface area contributed by atoms with Crippen LogP contribution >= 0.6 is 22.7 Å². The van der Waals surface area contributed by atoms with Gasteiger partial charge in [0, 0.05) is 23.2 Å². The first-order chi connectivity index (χ1) is 16.1. The van der Waals surface area contributed by atoms with Crippen LogP contribution in [0.4, 0.5) is 22.1 Å². The molecule has 8 heteroatoms. The lowest BCUT2D eigenvalue weighted by atomic mass is 10.1. The molecule has 2 aromatic heterocycles. The average molecular weight is 473 g/mol. The van der Waals surface area contributed by atoms with E-state index in [-0.39, 0.29) is 11.8 Å². The number of carbonyl (C=O) groups excluding carboxylic acids is 2. The number of amides is 2. The second-order valence-corrected chi connectivity index (χ2v) is 9.38. The van der Waals surface area contributed by atoms with E-state index in [2.05, 4.69) is 26.3 Å². The Labute approximate surface area is 199 Å². The zero-order chi connectivity index (χ0) is 22.8. The van der Waals surface area contributed by atoms with Crippen molar-refractivity contribution in [2.24, 2.45) is 4.99 Å². The quantitative estimate of drug-likeness (QED) is 0.314.